The van der Waals surface area contributed by atoms with Crippen LogP contribution in [-0.2, 0) is 14.3 Å². The van der Waals surface area contributed by atoms with E-state index >= 15 is 0 Å². The molecule has 0 fully saturated rings. The molecule has 0 aliphatic rings. The summed E-state index contributed by atoms with van der Waals surface area (Å²) in [5.74, 6) is -1.06. The number of rotatable bonds is 6. The summed E-state index contributed by atoms with van der Waals surface area (Å²) in [6.45, 7) is 3.34. The van der Waals surface area contributed by atoms with E-state index in [9.17, 15) is 9.59 Å². The molecule has 1 N–H and O–H groups in total. The van der Waals surface area contributed by atoms with Gasteiger partial charge in [-0.05, 0) is 49.8 Å². The van der Waals surface area contributed by atoms with Gasteiger partial charge < -0.3 is 10.1 Å². The molecule has 29 heavy (non-hydrogen) atoms. The third-order valence-corrected chi connectivity index (χ3v) is 4.45. The molecule has 0 aliphatic carbocycles. The summed E-state index contributed by atoms with van der Waals surface area (Å²) < 4.78 is 6.59. The van der Waals surface area contributed by atoms with Crippen molar-refractivity contribution in [2.45, 2.75) is 13.8 Å². The van der Waals surface area contributed by atoms with Crippen LogP contribution in [0.3, 0.4) is 0 Å². The second-order valence-electron chi connectivity index (χ2n) is 6.40. The standard InChI is InChI=1S/C22H20ClN3O3/c1-15-7-6-8-17(13-15)24-20(27)14-29-21(28)12-11-19-16(2)25-26(22(19)23)18-9-4-3-5-10-18/h3-13H,14H2,1-2H3,(H,24,27)/b12-11+. The SMILES string of the molecule is Cc1cccc(NC(=O)COC(=O)/C=C/c2c(C)nn(-c3ccccc3)c2Cl)c1. The lowest BCUT2D eigenvalue weighted by atomic mass is 10.2. The lowest BCUT2D eigenvalue weighted by Crippen LogP contribution is -2.20. The van der Waals surface area contributed by atoms with Crippen LogP contribution in [0.15, 0.2) is 60.7 Å². The quantitative estimate of drug-likeness (QED) is 0.485. The molecule has 2 aromatic carbocycles. The van der Waals surface area contributed by atoms with Crippen molar-refractivity contribution in [3.05, 3.63) is 82.6 Å². The predicted molar refractivity (Wildman–Crippen MR) is 113 cm³/mol. The number of aryl methyl sites for hydroxylation is 2. The zero-order valence-corrected chi connectivity index (χ0v) is 16.8. The van der Waals surface area contributed by atoms with Crippen molar-refractivity contribution in [3.63, 3.8) is 0 Å². The maximum Gasteiger partial charge on any atom is 0.331 e. The number of esters is 1. The summed E-state index contributed by atoms with van der Waals surface area (Å²) in [6.07, 6.45) is 2.76. The Labute approximate surface area is 173 Å². The number of nitrogens with one attached hydrogen (secondary N) is 1. The first-order valence-corrected chi connectivity index (χ1v) is 9.34. The van der Waals surface area contributed by atoms with E-state index in [2.05, 4.69) is 10.4 Å². The van der Waals surface area contributed by atoms with E-state index < -0.39 is 11.9 Å². The predicted octanol–water partition coefficient (Wildman–Crippen LogP) is 4.34. The van der Waals surface area contributed by atoms with E-state index in [-0.39, 0.29) is 6.61 Å². The molecule has 148 valence electrons. The topological polar surface area (TPSA) is 73.2 Å². The zero-order valence-electron chi connectivity index (χ0n) is 16.1. The van der Waals surface area contributed by atoms with Crippen molar-refractivity contribution < 1.29 is 14.3 Å². The molecule has 0 spiro atoms. The third kappa shape index (κ3) is 5.33. The van der Waals surface area contributed by atoms with Gasteiger partial charge in [0.25, 0.3) is 5.91 Å². The molecule has 0 saturated heterocycles. The van der Waals surface area contributed by atoms with Crippen molar-refractivity contribution in [2.24, 2.45) is 0 Å². The lowest BCUT2D eigenvalue weighted by molar-refractivity contribution is -0.142. The van der Waals surface area contributed by atoms with E-state index in [4.69, 9.17) is 16.3 Å². The Balaban J connectivity index is 1.59. The Morgan fingerprint density at radius 1 is 1.14 bits per heavy atom. The number of hydrogen-bond donors (Lipinski definition) is 1. The van der Waals surface area contributed by atoms with Crippen LogP contribution in [0.5, 0.6) is 0 Å². The molecule has 1 aromatic heterocycles. The Bertz CT molecular complexity index is 1060. The van der Waals surface area contributed by atoms with Gasteiger partial charge in [-0.2, -0.15) is 5.10 Å². The number of halogens is 1. The van der Waals surface area contributed by atoms with Gasteiger partial charge in [0.15, 0.2) is 6.61 Å². The molecule has 3 rings (SSSR count). The van der Waals surface area contributed by atoms with E-state index in [0.29, 0.717) is 22.1 Å². The number of ether oxygens (including phenoxy) is 1. The number of carbonyl (C=O) groups is 2. The minimum atomic E-state index is -0.646. The first-order valence-electron chi connectivity index (χ1n) is 8.96. The number of nitrogens with zero attached hydrogens (tertiary/aromatic N) is 2. The second kappa shape index (κ2) is 9.21. The first kappa shape index (κ1) is 20.4. The van der Waals surface area contributed by atoms with Gasteiger partial charge in [0, 0.05) is 17.3 Å². The monoisotopic (exact) mass is 409 g/mol. The van der Waals surface area contributed by atoms with Gasteiger partial charge in [0.2, 0.25) is 0 Å². The molecule has 0 atom stereocenters. The second-order valence-corrected chi connectivity index (χ2v) is 6.75. The largest absolute Gasteiger partial charge is 0.452 e. The summed E-state index contributed by atoms with van der Waals surface area (Å²) in [5.41, 5.74) is 3.76. The Morgan fingerprint density at radius 3 is 2.62 bits per heavy atom. The molecule has 0 saturated carbocycles. The minimum Gasteiger partial charge on any atom is -0.452 e. The number of hydrogen-bond acceptors (Lipinski definition) is 4. The van der Waals surface area contributed by atoms with Crippen LogP contribution in [0.4, 0.5) is 5.69 Å². The molecule has 0 aliphatic heterocycles. The highest BCUT2D eigenvalue weighted by Gasteiger charge is 2.13. The van der Waals surface area contributed by atoms with Crippen molar-refractivity contribution in [2.75, 3.05) is 11.9 Å². The number of benzene rings is 2. The minimum absolute atomic E-state index is 0.382. The lowest BCUT2D eigenvalue weighted by Gasteiger charge is -2.06. The van der Waals surface area contributed by atoms with E-state index in [1.54, 1.807) is 17.7 Å². The fourth-order valence-corrected chi connectivity index (χ4v) is 3.03. The molecular weight excluding hydrogens is 390 g/mol. The van der Waals surface area contributed by atoms with Gasteiger partial charge in [-0.1, -0.05) is 41.9 Å². The van der Waals surface area contributed by atoms with Crippen molar-refractivity contribution in [1.82, 2.24) is 9.78 Å². The van der Waals surface area contributed by atoms with Crippen LogP contribution >= 0.6 is 11.6 Å². The highest BCUT2D eigenvalue weighted by molar-refractivity contribution is 6.31. The normalized spacial score (nSPS) is 10.9. The molecular formula is C22H20ClN3O3. The van der Waals surface area contributed by atoms with Gasteiger partial charge in [0.05, 0.1) is 11.4 Å². The molecule has 0 radical (unpaired) electrons. The third-order valence-electron chi connectivity index (χ3n) is 4.08. The summed E-state index contributed by atoms with van der Waals surface area (Å²) >= 11 is 6.41. The van der Waals surface area contributed by atoms with Gasteiger partial charge in [0.1, 0.15) is 5.15 Å². The molecule has 1 heterocycles. The summed E-state index contributed by atoms with van der Waals surface area (Å²) in [4.78, 5) is 23.9. The highest BCUT2D eigenvalue weighted by Crippen LogP contribution is 2.24. The smallest absolute Gasteiger partial charge is 0.331 e. The molecule has 1 amide bonds. The summed E-state index contributed by atoms with van der Waals surface area (Å²) in [5, 5.41) is 7.46. The van der Waals surface area contributed by atoms with Crippen LogP contribution in [0, 0.1) is 13.8 Å². The molecule has 3 aromatic rings. The van der Waals surface area contributed by atoms with Crippen molar-refractivity contribution >= 4 is 35.2 Å². The maximum absolute atomic E-state index is 12.0. The van der Waals surface area contributed by atoms with Crippen LogP contribution in [-0.4, -0.2) is 28.3 Å². The van der Waals surface area contributed by atoms with E-state index in [0.717, 1.165) is 11.3 Å². The van der Waals surface area contributed by atoms with Gasteiger partial charge in [-0.15, -0.1) is 0 Å². The molecule has 6 nitrogen and oxygen atoms in total. The van der Waals surface area contributed by atoms with E-state index in [1.165, 1.54) is 12.2 Å². The number of amides is 1. The fraction of sp³-hybridized carbons (Fsp3) is 0.136. The Hall–Kier alpha value is -3.38. The van der Waals surface area contributed by atoms with Gasteiger partial charge >= 0.3 is 5.97 Å². The van der Waals surface area contributed by atoms with Crippen molar-refractivity contribution in [1.29, 1.82) is 0 Å². The zero-order chi connectivity index (χ0) is 20.8. The van der Waals surface area contributed by atoms with Crippen molar-refractivity contribution in [3.8, 4) is 5.69 Å². The van der Waals surface area contributed by atoms with Crippen LogP contribution in [0.25, 0.3) is 11.8 Å². The van der Waals surface area contributed by atoms with Crippen LogP contribution in [0.2, 0.25) is 5.15 Å². The number of carbonyl (C=O) groups excluding carboxylic acids is 2. The Morgan fingerprint density at radius 2 is 1.90 bits per heavy atom. The molecule has 0 bridgehead atoms. The summed E-state index contributed by atoms with van der Waals surface area (Å²) in [6, 6.07) is 16.8. The van der Waals surface area contributed by atoms with Crippen LogP contribution < -0.4 is 5.32 Å². The summed E-state index contributed by atoms with van der Waals surface area (Å²) in [7, 11) is 0. The first-order chi connectivity index (χ1) is 13.9. The van der Waals surface area contributed by atoms with Gasteiger partial charge in [-0.25, -0.2) is 9.48 Å². The van der Waals surface area contributed by atoms with Crippen LogP contribution in [0.1, 0.15) is 16.8 Å². The molecule has 0 unspecified atom stereocenters. The number of para-hydroxylation sites is 1. The average Bonchev–Trinajstić information content (AvgIpc) is 2.99. The average molecular weight is 410 g/mol. The number of aromatic nitrogens is 2. The van der Waals surface area contributed by atoms with E-state index in [1.807, 2.05) is 55.5 Å². The highest BCUT2D eigenvalue weighted by atomic mass is 35.5. The molecule has 7 heteroatoms. The van der Waals surface area contributed by atoms with Gasteiger partial charge in [-0.3, -0.25) is 4.79 Å². The Kier molecular flexibility index (Phi) is 6.46. The fourth-order valence-electron chi connectivity index (χ4n) is 2.70. The maximum atomic E-state index is 12.0. The number of anilines is 1.